The van der Waals surface area contributed by atoms with Crippen LogP contribution in [0.15, 0.2) is 132 Å². The molecule has 9 aromatic rings. The van der Waals surface area contributed by atoms with Gasteiger partial charge in [-0.15, -0.1) is 0 Å². The van der Waals surface area contributed by atoms with Crippen LogP contribution in [0.5, 0.6) is 0 Å². The summed E-state index contributed by atoms with van der Waals surface area (Å²) in [6.07, 6.45) is 2.37. The number of aromatic nitrogens is 3. The molecule has 0 aliphatic heterocycles. The van der Waals surface area contributed by atoms with Crippen LogP contribution in [-0.4, -0.2) is 14.5 Å². The molecular formula is C46H37N3O. The van der Waals surface area contributed by atoms with Gasteiger partial charge in [-0.3, -0.25) is 0 Å². The van der Waals surface area contributed by atoms with Crippen molar-refractivity contribution in [3.8, 4) is 28.3 Å². The van der Waals surface area contributed by atoms with E-state index in [1.807, 2.05) is 18.2 Å². The third-order valence-electron chi connectivity index (χ3n) is 11.3. The van der Waals surface area contributed by atoms with Gasteiger partial charge in [0.1, 0.15) is 11.2 Å². The molecule has 6 aromatic carbocycles. The predicted molar refractivity (Wildman–Crippen MR) is 207 cm³/mol. The number of nitrogens with zero attached hydrogens (tertiary/aromatic N) is 3. The normalized spacial score (nSPS) is 15.4. The maximum Gasteiger partial charge on any atom is 0.160 e. The van der Waals surface area contributed by atoms with Gasteiger partial charge >= 0.3 is 0 Å². The molecule has 0 saturated heterocycles. The van der Waals surface area contributed by atoms with Gasteiger partial charge in [0, 0.05) is 43.7 Å². The summed E-state index contributed by atoms with van der Waals surface area (Å²) in [4.78, 5) is 10.5. The van der Waals surface area contributed by atoms with E-state index in [0.29, 0.717) is 5.82 Å². The fraction of sp³-hybridized carbons (Fsp3) is 0.174. The van der Waals surface area contributed by atoms with Crippen molar-refractivity contribution in [1.29, 1.82) is 0 Å². The van der Waals surface area contributed by atoms with Crippen LogP contribution in [0, 0.1) is 0 Å². The van der Waals surface area contributed by atoms with Gasteiger partial charge in [0.05, 0.1) is 22.2 Å². The molecular weight excluding hydrogens is 611 g/mol. The Hall–Kier alpha value is -5.74. The number of fused-ring (bicyclic) bond motifs is 8. The fourth-order valence-corrected chi connectivity index (χ4v) is 8.47. The maximum absolute atomic E-state index is 6.28. The van der Waals surface area contributed by atoms with E-state index in [-0.39, 0.29) is 10.8 Å². The minimum absolute atomic E-state index is 0.112. The summed E-state index contributed by atoms with van der Waals surface area (Å²) in [5.41, 5.74) is 12.3. The van der Waals surface area contributed by atoms with Crippen molar-refractivity contribution in [3.63, 3.8) is 0 Å². The second-order valence-electron chi connectivity index (χ2n) is 15.3. The Bertz CT molecular complexity index is 2830. The van der Waals surface area contributed by atoms with Gasteiger partial charge in [-0.1, -0.05) is 107 Å². The quantitative estimate of drug-likeness (QED) is 0.192. The van der Waals surface area contributed by atoms with Crippen molar-refractivity contribution >= 4 is 54.6 Å². The van der Waals surface area contributed by atoms with Gasteiger partial charge in [0.25, 0.3) is 0 Å². The van der Waals surface area contributed by atoms with E-state index in [1.54, 1.807) is 0 Å². The van der Waals surface area contributed by atoms with Crippen molar-refractivity contribution in [1.82, 2.24) is 14.5 Å². The molecule has 0 bridgehead atoms. The van der Waals surface area contributed by atoms with E-state index in [4.69, 9.17) is 14.4 Å². The summed E-state index contributed by atoms with van der Waals surface area (Å²) in [6.45, 7) is 9.62. The van der Waals surface area contributed by atoms with E-state index in [2.05, 4.69) is 141 Å². The van der Waals surface area contributed by atoms with Gasteiger partial charge in [0.15, 0.2) is 5.82 Å². The van der Waals surface area contributed by atoms with Crippen LogP contribution in [0.1, 0.15) is 51.7 Å². The summed E-state index contributed by atoms with van der Waals surface area (Å²) in [5, 5.41) is 5.76. The average Bonchev–Trinajstić information content (AvgIpc) is 3.68. The van der Waals surface area contributed by atoms with Gasteiger partial charge in [-0.2, -0.15) is 0 Å². The molecule has 1 aliphatic carbocycles. The molecule has 0 N–H and O–H groups in total. The molecule has 0 unspecified atom stereocenters. The molecule has 0 saturated carbocycles. The topological polar surface area (TPSA) is 43.9 Å². The lowest BCUT2D eigenvalue weighted by molar-refractivity contribution is 0.332. The average molecular weight is 648 g/mol. The predicted octanol–water partition coefficient (Wildman–Crippen LogP) is 12.3. The molecule has 0 fully saturated rings. The van der Waals surface area contributed by atoms with Crippen LogP contribution in [0.4, 0.5) is 0 Å². The number of hydrogen-bond acceptors (Lipinski definition) is 3. The lowest BCUT2D eigenvalue weighted by atomic mass is 9.63. The largest absolute Gasteiger partial charge is 0.456 e. The van der Waals surface area contributed by atoms with Crippen LogP contribution in [0.25, 0.3) is 83.0 Å². The highest BCUT2D eigenvalue weighted by atomic mass is 16.3. The number of para-hydroxylation sites is 3. The van der Waals surface area contributed by atoms with E-state index in [9.17, 15) is 0 Å². The summed E-state index contributed by atoms with van der Waals surface area (Å²) in [5.74, 6) is 0.700. The van der Waals surface area contributed by atoms with E-state index in [0.717, 1.165) is 55.3 Å². The van der Waals surface area contributed by atoms with Gasteiger partial charge in [-0.25, -0.2) is 9.97 Å². The number of furan rings is 1. The molecule has 0 radical (unpaired) electrons. The first-order chi connectivity index (χ1) is 24.3. The smallest absolute Gasteiger partial charge is 0.160 e. The Morgan fingerprint density at radius 3 is 2.08 bits per heavy atom. The van der Waals surface area contributed by atoms with Crippen LogP contribution in [-0.2, 0) is 10.8 Å². The van der Waals surface area contributed by atoms with E-state index >= 15 is 0 Å². The first-order valence-corrected chi connectivity index (χ1v) is 17.6. The number of hydrogen-bond donors (Lipinski definition) is 0. The first-order valence-electron chi connectivity index (χ1n) is 17.6. The van der Waals surface area contributed by atoms with Crippen molar-refractivity contribution in [3.05, 3.63) is 139 Å². The third kappa shape index (κ3) is 4.24. The summed E-state index contributed by atoms with van der Waals surface area (Å²) in [7, 11) is 0. The first kappa shape index (κ1) is 29.2. The van der Waals surface area contributed by atoms with E-state index in [1.165, 1.54) is 45.8 Å². The number of rotatable bonds is 3. The van der Waals surface area contributed by atoms with Crippen molar-refractivity contribution in [2.75, 3.05) is 0 Å². The fourth-order valence-electron chi connectivity index (χ4n) is 8.47. The molecule has 50 heavy (non-hydrogen) atoms. The highest BCUT2D eigenvalue weighted by molar-refractivity contribution is 6.14. The molecule has 0 atom stereocenters. The molecule has 0 spiro atoms. The van der Waals surface area contributed by atoms with Crippen LogP contribution < -0.4 is 0 Å². The SMILES string of the molecule is CC1(C)CCC(C)(C)c2cc3c(cc21)c1ccccc1n3-c1cccc(-c2nc(-c3cccc4oc5ccccc5c34)c3ccccc3n2)c1. The Kier molecular flexibility index (Phi) is 6.06. The van der Waals surface area contributed by atoms with Crippen LogP contribution in [0.2, 0.25) is 0 Å². The molecule has 1 aliphatic rings. The lowest BCUT2D eigenvalue weighted by Gasteiger charge is -2.42. The minimum atomic E-state index is 0.112. The van der Waals surface area contributed by atoms with Crippen LogP contribution in [0.3, 0.4) is 0 Å². The Morgan fingerprint density at radius 1 is 0.560 bits per heavy atom. The van der Waals surface area contributed by atoms with Crippen molar-refractivity contribution in [2.24, 2.45) is 0 Å². The minimum Gasteiger partial charge on any atom is -0.456 e. The Balaban J connectivity index is 1.21. The monoisotopic (exact) mass is 647 g/mol. The maximum atomic E-state index is 6.28. The second kappa shape index (κ2) is 10.4. The Labute approximate surface area is 291 Å². The summed E-state index contributed by atoms with van der Waals surface area (Å²) < 4.78 is 8.72. The molecule has 10 rings (SSSR count). The second-order valence-corrected chi connectivity index (χ2v) is 15.3. The number of benzene rings is 6. The zero-order valence-electron chi connectivity index (χ0n) is 28.8. The third-order valence-corrected chi connectivity index (χ3v) is 11.3. The Morgan fingerprint density at radius 2 is 1.24 bits per heavy atom. The van der Waals surface area contributed by atoms with Gasteiger partial charge in [0.2, 0.25) is 0 Å². The molecule has 242 valence electrons. The molecule has 3 heterocycles. The zero-order valence-corrected chi connectivity index (χ0v) is 28.8. The highest BCUT2D eigenvalue weighted by Gasteiger charge is 2.38. The van der Waals surface area contributed by atoms with Gasteiger partial charge < -0.3 is 8.98 Å². The molecule has 4 nitrogen and oxygen atoms in total. The van der Waals surface area contributed by atoms with Gasteiger partial charge in [-0.05, 0) is 83.3 Å². The molecule has 3 aromatic heterocycles. The summed E-state index contributed by atoms with van der Waals surface area (Å²) in [6, 6.07) is 45.3. The summed E-state index contributed by atoms with van der Waals surface area (Å²) >= 11 is 0. The molecule has 0 amide bonds. The lowest BCUT2D eigenvalue weighted by Crippen LogP contribution is -2.33. The molecule has 4 heteroatoms. The van der Waals surface area contributed by atoms with E-state index < -0.39 is 0 Å². The standard InChI is InChI=1S/C46H37N3O/c1-45(2)23-24-46(3,4)36-27-39-34(26-35(36)45)30-15-6-9-20-38(30)49(39)29-14-11-13-28(25-29)44-47-37-19-8-5-16-31(37)43(48-44)33-18-12-22-41-42(33)32-17-7-10-21-40(32)50-41/h5-22,25-27H,23-24H2,1-4H3. The zero-order chi connectivity index (χ0) is 33.8. The van der Waals surface area contributed by atoms with Crippen molar-refractivity contribution < 1.29 is 4.42 Å². The van der Waals surface area contributed by atoms with Crippen molar-refractivity contribution in [2.45, 2.75) is 51.4 Å². The van der Waals surface area contributed by atoms with Crippen LogP contribution >= 0.6 is 0 Å². The highest BCUT2D eigenvalue weighted by Crippen LogP contribution is 2.48.